The second-order valence-corrected chi connectivity index (χ2v) is 7.32. The minimum Gasteiger partial charge on any atom is -0.481 e. The van der Waals surface area contributed by atoms with Gasteiger partial charge >= 0.3 is 12.1 Å². The maximum Gasteiger partial charge on any atom is 0.416 e. The molecule has 6 heteroatoms. The first-order valence-electron chi connectivity index (χ1n) is 9.00. The lowest BCUT2D eigenvalue weighted by atomic mass is 9.85. The molecule has 2 atom stereocenters. The first-order chi connectivity index (χ1) is 11.8. The SMILES string of the molecule is O=C(O)C1CCC(NC2CCCC2c2cccc(C(F)(F)F)c2)CC1. The van der Waals surface area contributed by atoms with Crippen LogP contribution in [-0.4, -0.2) is 23.2 Å². The van der Waals surface area contributed by atoms with Gasteiger partial charge in [0.15, 0.2) is 0 Å². The molecule has 2 N–H and O–H groups in total. The topological polar surface area (TPSA) is 49.3 Å². The van der Waals surface area contributed by atoms with Crippen LogP contribution >= 0.6 is 0 Å². The molecule has 0 bridgehead atoms. The molecule has 1 aromatic carbocycles. The minimum absolute atomic E-state index is 0.0968. The Labute approximate surface area is 145 Å². The van der Waals surface area contributed by atoms with Crippen molar-refractivity contribution in [1.82, 2.24) is 5.32 Å². The van der Waals surface area contributed by atoms with Crippen LogP contribution in [0.1, 0.15) is 62.0 Å². The van der Waals surface area contributed by atoms with Crippen molar-refractivity contribution in [3.63, 3.8) is 0 Å². The van der Waals surface area contributed by atoms with E-state index in [-0.39, 0.29) is 23.9 Å². The zero-order valence-corrected chi connectivity index (χ0v) is 14.1. The molecular formula is C19H24F3NO2. The van der Waals surface area contributed by atoms with Crippen molar-refractivity contribution in [3.05, 3.63) is 35.4 Å². The highest BCUT2D eigenvalue weighted by Gasteiger charge is 2.35. The van der Waals surface area contributed by atoms with Gasteiger partial charge in [-0.15, -0.1) is 0 Å². The van der Waals surface area contributed by atoms with Crippen LogP contribution in [0.15, 0.2) is 24.3 Å². The quantitative estimate of drug-likeness (QED) is 0.831. The summed E-state index contributed by atoms with van der Waals surface area (Å²) in [6.45, 7) is 0. The Morgan fingerprint density at radius 2 is 1.80 bits per heavy atom. The van der Waals surface area contributed by atoms with E-state index in [9.17, 15) is 18.0 Å². The number of aliphatic carboxylic acids is 1. The summed E-state index contributed by atoms with van der Waals surface area (Å²) >= 11 is 0. The van der Waals surface area contributed by atoms with Crippen LogP contribution in [0.3, 0.4) is 0 Å². The van der Waals surface area contributed by atoms with E-state index >= 15 is 0 Å². The zero-order valence-electron chi connectivity index (χ0n) is 14.1. The third-order valence-corrected chi connectivity index (χ3v) is 5.68. The molecule has 0 heterocycles. The maximum absolute atomic E-state index is 13.0. The van der Waals surface area contributed by atoms with Gasteiger partial charge in [0, 0.05) is 12.1 Å². The highest BCUT2D eigenvalue weighted by Crippen LogP contribution is 2.38. The van der Waals surface area contributed by atoms with Gasteiger partial charge in [-0.1, -0.05) is 24.6 Å². The van der Waals surface area contributed by atoms with Gasteiger partial charge in [-0.2, -0.15) is 13.2 Å². The predicted octanol–water partition coefficient (Wildman–Crippen LogP) is 4.57. The van der Waals surface area contributed by atoms with Gasteiger partial charge in [0.25, 0.3) is 0 Å². The second kappa shape index (κ2) is 7.36. The number of benzene rings is 1. The molecule has 0 aromatic heterocycles. The molecule has 138 valence electrons. The first-order valence-corrected chi connectivity index (χ1v) is 9.00. The predicted molar refractivity (Wildman–Crippen MR) is 88.3 cm³/mol. The van der Waals surface area contributed by atoms with Gasteiger partial charge in [0.1, 0.15) is 0 Å². The third kappa shape index (κ3) is 4.35. The molecule has 2 unspecified atom stereocenters. The van der Waals surface area contributed by atoms with Crippen LogP contribution in [-0.2, 0) is 11.0 Å². The van der Waals surface area contributed by atoms with Crippen LogP contribution in [0, 0.1) is 5.92 Å². The lowest BCUT2D eigenvalue weighted by Crippen LogP contribution is -2.42. The van der Waals surface area contributed by atoms with Crippen molar-refractivity contribution in [3.8, 4) is 0 Å². The first kappa shape index (κ1) is 18.2. The number of nitrogens with one attached hydrogen (secondary N) is 1. The minimum atomic E-state index is -4.31. The molecule has 0 aliphatic heterocycles. The van der Waals surface area contributed by atoms with E-state index in [1.807, 2.05) is 0 Å². The molecule has 0 saturated heterocycles. The van der Waals surface area contributed by atoms with E-state index in [0.29, 0.717) is 12.8 Å². The summed E-state index contributed by atoms with van der Waals surface area (Å²) in [5.41, 5.74) is 0.168. The van der Waals surface area contributed by atoms with Crippen LogP contribution in [0.5, 0.6) is 0 Å². The van der Waals surface area contributed by atoms with E-state index in [1.165, 1.54) is 12.1 Å². The van der Waals surface area contributed by atoms with E-state index in [1.54, 1.807) is 6.07 Å². The number of hydrogen-bond donors (Lipinski definition) is 2. The lowest BCUT2D eigenvalue weighted by molar-refractivity contribution is -0.143. The van der Waals surface area contributed by atoms with E-state index in [4.69, 9.17) is 5.11 Å². The molecule has 3 nitrogen and oxygen atoms in total. The average molecular weight is 355 g/mol. The highest BCUT2D eigenvalue weighted by molar-refractivity contribution is 5.70. The summed E-state index contributed by atoms with van der Waals surface area (Å²) in [5.74, 6) is -0.874. The third-order valence-electron chi connectivity index (χ3n) is 5.68. The fraction of sp³-hybridized carbons (Fsp3) is 0.632. The van der Waals surface area contributed by atoms with E-state index in [0.717, 1.165) is 43.7 Å². The van der Waals surface area contributed by atoms with E-state index < -0.39 is 17.7 Å². The monoisotopic (exact) mass is 355 g/mol. The Morgan fingerprint density at radius 3 is 2.44 bits per heavy atom. The Kier molecular flexibility index (Phi) is 5.37. The summed E-state index contributed by atoms with van der Waals surface area (Å²) in [6, 6.07) is 6.13. The highest BCUT2D eigenvalue weighted by atomic mass is 19.4. The van der Waals surface area contributed by atoms with Crippen LogP contribution in [0.4, 0.5) is 13.2 Å². The van der Waals surface area contributed by atoms with Gasteiger partial charge in [-0.05, 0) is 56.1 Å². The second-order valence-electron chi connectivity index (χ2n) is 7.32. The van der Waals surface area contributed by atoms with Gasteiger partial charge < -0.3 is 10.4 Å². The molecule has 2 fully saturated rings. The van der Waals surface area contributed by atoms with E-state index in [2.05, 4.69) is 5.32 Å². The molecule has 25 heavy (non-hydrogen) atoms. The molecule has 0 radical (unpaired) electrons. The summed E-state index contributed by atoms with van der Waals surface area (Å²) in [6.07, 6.45) is 1.53. The fourth-order valence-electron chi connectivity index (χ4n) is 4.31. The van der Waals surface area contributed by atoms with Gasteiger partial charge in [-0.3, -0.25) is 4.79 Å². The Hall–Kier alpha value is -1.56. The summed E-state index contributed by atoms with van der Waals surface area (Å²) in [4.78, 5) is 11.0. The van der Waals surface area contributed by atoms with Crippen molar-refractivity contribution in [2.75, 3.05) is 0 Å². The van der Waals surface area contributed by atoms with Gasteiger partial charge in [0.05, 0.1) is 11.5 Å². The maximum atomic E-state index is 13.0. The molecule has 2 aliphatic rings. The number of carbonyl (C=O) groups is 1. The molecule has 0 amide bonds. The number of carboxylic acid groups (broad SMARTS) is 1. The summed E-state index contributed by atoms with van der Waals surface area (Å²) in [5, 5.41) is 12.7. The number of halogens is 3. The molecule has 0 spiro atoms. The lowest BCUT2D eigenvalue weighted by Gasteiger charge is -2.32. The normalized spacial score (nSPS) is 30.4. The van der Waals surface area contributed by atoms with Crippen molar-refractivity contribution in [2.45, 2.75) is 69.1 Å². The van der Waals surface area contributed by atoms with Crippen LogP contribution in [0.25, 0.3) is 0 Å². The standard InChI is InChI=1S/C19H24F3NO2/c20-19(21,22)14-4-1-3-13(11-14)16-5-2-6-17(16)23-15-9-7-12(8-10-15)18(24)25/h1,3-4,11-12,15-17,23H,2,5-10H2,(H,24,25). The molecule has 2 saturated carbocycles. The molecule has 1 aromatic rings. The fourth-order valence-corrected chi connectivity index (χ4v) is 4.31. The smallest absolute Gasteiger partial charge is 0.416 e. The average Bonchev–Trinajstić information content (AvgIpc) is 3.03. The molecular weight excluding hydrogens is 331 g/mol. The van der Waals surface area contributed by atoms with Crippen molar-refractivity contribution in [1.29, 1.82) is 0 Å². The van der Waals surface area contributed by atoms with Gasteiger partial charge in [-0.25, -0.2) is 0 Å². The molecule has 2 aliphatic carbocycles. The molecule has 3 rings (SSSR count). The van der Waals surface area contributed by atoms with Crippen LogP contribution in [0.2, 0.25) is 0 Å². The van der Waals surface area contributed by atoms with Gasteiger partial charge in [0.2, 0.25) is 0 Å². The summed E-state index contributed by atoms with van der Waals surface area (Å²) < 4.78 is 38.9. The Morgan fingerprint density at radius 1 is 1.08 bits per heavy atom. The van der Waals surface area contributed by atoms with Crippen molar-refractivity contribution < 1.29 is 23.1 Å². The largest absolute Gasteiger partial charge is 0.481 e. The Bertz CT molecular complexity index is 609. The number of hydrogen-bond acceptors (Lipinski definition) is 2. The summed E-state index contributed by atoms with van der Waals surface area (Å²) in [7, 11) is 0. The van der Waals surface area contributed by atoms with Crippen molar-refractivity contribution >= 4 is 5.97 Å². The number of alkyl halides is 3. The van der Waals surface area contributed by atoms with Crippen LogP contribution < -0.4 is 5.32 Å². The zero-order chi connectivity index (χ0) is 18.0. The van der Waals surface area contributed by atoms with Crippen molar-refractivity contribution in [2.24, 2.45) is 5.92 Å². The number of rotatable bonds is 4. The number of carboxylic acids is 1. The Balaban J connectivity index is 1.64.